The van der Waals surface area contributed by atoms with E-state index in [1.807, 2.05) is 0 Å². The van der Waals surface area contributed by atoms with Gasteiger partial charge < -0.3 is 4.90 Å². The predicted octanol–water partition coefficient (Wildman–Crippen LogP) is 5.74. The Hall–Kier alpha value is -2.51. The van der Waals surface area contributed by atoms with Crippen LogP contribution in [0.2, 0.25) is 0 Å². The largest absolute Gasteiger partial charge is 0.412 e. The number of amides is 1. The zero-order valence-corrected chi connectivity index (χ0v) is 15.0. The molecule has 8 heteroatoms. The second kappa shape index (κ2) is 8.24. The lowest BCUT2D eigenvalue weighted by molar-refractivity contribution is -0.329. The maximum absolute atomic E-state index is 13.6. The smallest absolute Gasteiger partial charge is 0.333 e. The van der Waals surface area contributed by atoms with Crippen molar-refractivity contribution in [3.8, 4) is 0 Å². The van der Waals surface area contributed by atoms with Gasteiger partial charge in [-0.3, -0.25) is 4.79 Å². The summed E-state index contributed by atoms with van der Waals surface area (Å²) in [6.07, 6.45) is -13.0. The maximum atomic E-state index is 13.6. The molecule has 0 heterocycles. The van der Waals surface area contributed by atoms with Crippen molar-refractivity contribution in [2.24, 2.45) is 5.41 Å². The van der Waals surface area contributed by atoms with Gasteiger partial charge in [0.05, 0.1) is 0 Å². The first-order chi connectivity index (χ1) is 13.0. The SMILES string of the molecule is CCC(C(=O)N(Cc1ccccc1)Cc1ccccc1)(C(F)(F)F)C(F)(F)F. The number of rotatable bonds is 6. The van der Waals surface area contributed by atoms with Crippen molar-refractivity contribution < 1.29 is 31.1 Å². The van der Waals surface area contributed by atoms with Gasteiger partial charge in [-0.15, -0.1) is 0 Å². The van der Waals surface area contributed by atoms with Gasteiger partial charge in [-0.2, -0.15) is 26.3 Å². The minimum atomic E-state index is -5.78. The Morgan fingerprint density at radius 1 is 0.750 bits per heavy atom. The fraction of sp³-hybridized carbons (Fsp3) is 0.350. The molecule has 2 aromatic carbocycles. The molecule has 0 bridgehead atoms. The monoisotopic (exact) mass is 403 g/mol. The molecular weight excluding hydrogens is 384 g/mol. The van der Waals surface area contributed by atoms with E-state index in [-0.39, 0.29) is 13.1 Å². The van der Waals surface area contributed by atoms with Crippen molar-refractivity contribution in [3.63, 3.8) is 0 Å². The van der Waals surface area contributed by atoms with Crippen LogP contribution >= 0.6 is 0 Å². The predicted molar refractivity (Wildman–Crippen MR) is 92.0 cm³/mol. The minimum Gasteiger partial charge on any atom is -0.333 e. The molecule has 0 saturated heterocycles. The van der Waals surface area contributed by atoms with E-state index >= 15 is 0 Å². The highest BCUT2D eigenvalue weighted by Crippen LogP contribution is 2.53. The first-order valence-corrected chi connectivity index (χ1v) is 8.53. The van der Waals surface area contributed by atoms with Gasteiger partial charge in [0.25, 0.3) is 0 Å². The van der Waals surface area contributed by atoms with E-state index in [1.165, 1.54) is 0 Å². The molecule has 1 amide bonds. The molecule has 0 fully saturated rings. The summed E-state index contributed by atoms with van der Waals surface area (Å²) in [6.45, 7) is -0.0208. The molecule has 2 rings (SSSR count). The van der Waals surface area contributed by atoms with E-state index in [4.69, 9.17) is 0 Å². The lowest BCUT2D eigenvalue weighted by Crippen LogP contribution is -2.59. The molecule has 0 aliphatic carbocycles. The highest BCUT2D eigenvalue weighted by atomic mass is 19.4. The van der Waals surface area contributed by atoms with Crippen LogP contribution in [0.4, 0.5) is 26.3 Å². The van der Waals surface area contributed by atoms with Gasteiger partial charge in [-0.1, -0.05) is 67.6 Å². The first kappa shape index (κ1) is 21.8. The van der Waals surface area contributed by atoms with E-state index in [0.29, 0.717) is 16.0 Å². The van der Waals surface area contributed by atoms with Crippen LogP contribution in [0.1, 0.15) is 24.5 Å². The van der Waals surface area contributed by atoms with E-state index < -0.39 is 30.1 Å². The molecule has 28 heavy (non-hydrogen) atoms. The van der Waals surface area contributed by atoms with Crippen molar-refractivity contribution in [1.29, 1.82) is 0 Å². The molecule has 2 nitrogen and oxygen atoms in total. The number of nitrogens with zero attached hydrogens (tertiary/aromatic N) is 1. The molecule has 0 aromatic heterocycles. The Bertz CT molecular complexity index is 715. The number of benzene rings is 2. The molecular formula is C20H19F6NO. The van der Waals surface area contributed by atoms with Crippen LogP contribution in [0, 0.1) is 5.41 Å². The molecule has 0 N–H and O–H groups in total. The Morgan fingerprint density at radius 3 is 1.39 bits per heavy atom. The van der Waals surface area contributed by atoms with Crippen LogP contribution < -0.4 is 0 Å². The Balaban J connectivity index is 2.51. The zero-order chi connectivity index (χ0) is 21.0. The van der Waals surface area contributed by atoms with E-state index in [0.717, 1.165) is 6.92 Å². The van der Waals surface area contributed by atoms with Gasteiger partial charge in [-0.25, -0.2) is 0 Å². The third-order valence-corrected chi connectivity index (χ3v) is 4.58. The molecule has 152 valence electrons. The van der Waals surface area contributed by atoms with Gasteiger partial charge in [-0.05, 0) is 17.5 Å². The van der Waals surface area contributed by atoms with E-state index in [9.17, 15) is 31.1 Å². The molecule has 0 spiro atoms. The number of hydrogen-bond acceptors (Lipinski definition) is 1. The summed E-state index contributed by atoms with van der Waals surface area (Å²) in [5.74, 6) is -2.00. The minimum absolute atomic E-state index is 0.373. The summed E-state index contributed by atoms with van der Waals surface area (Å²) in [6, 6.07) is 15.9. The maximum Gasteiger partial charge on any atom is 0.412 e. The van der Waals surface area contributed by atoms with Gasteiger partial charge >= 0.3 is 12.4 Å². The first-order valence-electron chi connectivity index (χ1n) is 8.53. The molecule has 0 saturated carbocycles. The number of alkyl halides is 6. The van der Waals surface area contributed by atoms with E-state index in [2.05, 4.69) is 0 Å². The second-order valence-corrected chi connectivity index (χ2v) is 6.39. The van der Waals surface area contributed by atoms with Crippen molar-refractivity contribution in [2.45, 2.75) is 38.8 Å². The molecule has 0 atom stereocenters. The summed E-state index contributed by atoms with van der Waals surface area (Å²) in [7, 11) is 0. The normalized spacial score (nSPS) is 12.7. The van der Waals surface area contributed by atoms with Crippen LogP contribution in [-0.4, -0.2) is 23.2 Å². The molecule has 0 aliphatic heterocycles. The van der Waals surface area contributed by atoms with Crippen LogP contribution in [0.15, 0.2) is 60.7 Å². The number of hydrogen-bond donors (Lipinski definition) is 0. The average molecular weight is 403 g/mol. The van der Waals surface area contributed by atoms with Gasteiger partial charge in [0, 0.05) is 13.1 Å². The molecule has 2 aromatic rings. The number of halogens is 6. The van der Waals surface area contributed by atoms with Crippen LogP contribution in [-0.2, 0) is 17.9 Å². The number of carbonyl (C=O) groups excluding carboxylic acids is 1. The highest BCUT2D eigenvalue weighted by molar-refractivity contribution is 5.84. The van der Waals surface area contributed by atoms with Crippen LogP contribution in [0.3, 0.4) is 0 Å². The van der Waals surface area contributed by atoms with Gasteiger partial charge in [0.15, 0.2) is 0 Å². The third-order valence-electron chi connectivity index (χ3n) is 4.58. The summed E-state index contributed by atoms with van der Waals surface area (Å²) in [4.78, 5) is 13.4. The Labute approximate surface area is 158 Å². The van der Waals surface area contributed by atoms with Crippen molar-refractivity contribution in [2.75, 3.05) is 0 Å². The fourth-order valence-corrected chi connectivity index (χ4v) is 3.03. The molecule has 0 aliphatic rings. The molecule has 0 radical (unpaired) electrons. The number of carbonyl (C=O) groups is 1. The van der Waals surface area contributed by atoms with Gasteiger partial charge in [0.1, 0.15) is 0 Å². The summed E-state index contributed by atoms with van der Waals surface area (Å²) in [5, 5.41) is 0. The average Bonchev–Trinajstić information content (AvgIpc) is 2.61. The highest BCUT2D eigenvalue weighted by Gasteiger charge is 2.75. The topological polar surface area (TPSA) is 20.3 Å². The summed E-state index contributed by atoms with van der Waals surface area (Å²) in [5.41, 5.74) is -3.59. The third kappa shape index (κ3) is 4.31. The van der Waals surface area contributed by atoms with Crippen molar-refractivity contribution in [3.05, 3.63) is 71.8 Å². The van der Waals surface area contributed by atoms with E-state index in [1.54, 1.807) is 60.7 Å². The van der Waals surface area contributed by atoms with Crippen LogP contribution in [0.25, 0.3) is 0 Å². The lowest BCUT2D eigenvalue weighted by atomic mass is 9.81. The lowest BCUT2D eigenvalue weighted by Gasteiger charge is -2.39. The zero-order valence-electron chi connectivity index (χ0n) is 15.0. The van der Waals surface area contributed by atoms with Crippen molar-refractivity contribution >= 4 is 5.91 Å². The van der Waals surface area contributed by atoms with Crippen LogP contribution in [0.5, 0.6) is 0 Å². The Morgan fingerprint density at radius 2 is 1.11 bits per heavy atom. The molecule has 0 unspecified atom stereocenters. The standard InChI is InChI=1S/C20H19F6NO/c1-2-18(19(21,22)23,20(24,25)26)17(28)27(13-15-9-5-3-6-10-15)14-16-11-7-4-8-12-16/h3-12H,2,13-14H2,1H3. The second-order valence-electron chi connectivity index (χ2n) is 6.39. The van der Waals surface area contributed by atoms with Crippen molar-refractivity contribution in [1.82, 2.24) is 4.90 Å². The Kier molecular flexibility index (Phi) is 6.41. The summed E-state index contributed by atoms with van der Waals surface area (Å²) < 4.78 is 81.6. The fourth-order valence-electron chi connectivity index (χ4n) is 3.03. The summed E-state index contributed by atoms with van der Waals surface area (Å²) >= 11 is 0. The quantitative estimate of drug-likeness (QED) is 0.564. The van der Waals surface area contributed by atoms with Gasteiger partial charge in [0.2, 0.25) is 11.3 Å².